The molecule has 1 unspecified atom stereocenters. The molecule has 3 nitrogen and oxygen atoms in total. The Morgan fingerprint density at radius 2 is 2.00 bits per heavy atom. The van der Waals surface area contributed by atoms with Gasteiger partial charge in [0.05, 0.1) is 5.75 Å². The number of nitrogens with two attached hydrogens (primary N) is 1. The van der Waals surface area contributed by atoms with Gasteiger partial charge in [-0.3, -0.25) is 4.79 Å². The molecule has 0 bridgehead atoms. The Morgan fingerprint density at radius 3 is 2.43 bits per heavy atom. The lowest BCUT2D eigenvalue weighted by Gasteiger charge is -2.21. The first kappa shape index (κ1) is 13.8. The van der Waals surface area contributed by atoms with E-state index in [9.17, 15) is 4.79 Å². The summed E-state index contributed by atoms with van der Waals surface area (Å²) in [5.41, 5.74) is 5.49. The lowest BCUT2D eigenvalue weighted by atomic mass is 10.2. The van der Waals surface area contributed by atoms with Gasteiger partial charge < -0.3 is 10.6 Å². The topological polar surface area (TPSA) is 46.3 Å². The van der Waals surface area contributed by atoms with Crippen molar-refractivity contribution >= 4 is 17.7 Å². The molecule has 14 heavy (non-hydrogen) atoms. The minimum Gasteiger partial charge on any atom is -0.343 e. The molecule has 0 spiro atoms. The van der Waals surface area contributed by atoms with Gasteiger partial charge in [-0.15, -0.1) is 0 Å². The van der Waals surface area contributed by atoms with E-state index in [1.54, 1.807) is 16.7 Å². The molecule has 1 atom stereocenters. The number of carbonyl (C=O) groups is 1. The standard InChI is InChI=1S/C10H22N2OS/c1-8(2)12(4)10(13)7-14-6-9(3)5-11/h8-9H,5-7,11H2,1-4H3. The van der Waals surface area contributed by atoms with Crippen molar-refractivity contribution in [3.8, 4) is 0 Å². The summed E-state index contributed by atoms with van der Waals surface area (Å²) >= 11 is 1.67. The van der Waals surface area contributed by atoms with Crippen molar-refractivity contribution in [2.24, 2.45) is 11.7 Å². The lowest BCUT2D eigenvalue weighted by molar-refractivity contribution is -0.128. The molecule has 0 heterocycles. The molecule has 4 heteroatoms. The molecular weight excluding hydrogens is 196 g/mol. The highest BCUT2D eigenvalue weighted by atomic mass is 32.2. The van der Waals surface area contributed by atoms with Crippen LogP contribution in [0.25, 0.3) is 0 Å². The summed E-state index contributed by atoms with van der Waals surface area (Å²) in [6, 6.07) is 0.287. The number of hydrogen-bond donors (Lipinski definition) is 1. The third kappa shape index (κ3) is 5.50. The van der Waals surface area contributed by atoms with Crippen LogP contribution in [0.1, 0.15) is 20.8 Å². The highest BCUT2D eigenvalue weighted by Crippen LogP contribution is 2.08. The van der Waals surface area contributed by atoms with Gasteiger partial charge in [-0.2, -0.15) is 11.8 Å². The van der Waals surface area contributed by atoms with Gasteiger partial charge in [-0.1, -0.05) is 6.92 Å². The Morgan fingerprint density at radius 1 is 1.43 bits per heavy atom. The second-order valence-corrected chi connectivity index (χ2v) is 4.98. The van der Waals surface area contributed by atoms with Crippen molar-refractivity contribution in [3.63, 3.8) is 0 Å². The molecule has 0 aliphatic rings. The van der Waals surface area contributed by atoms with E-state index in [4.69, 9.17) is 5.73 Å². The molecule has 84 valence electrons. The molecule has 0 radical (unpaired) electrons. The van der Waals surface area contributed by atoms with Crippen molar-refractivity contribution in [1.82, 2.24) is 4.90 Å². The number of carbonyl (C=O) groups excluding carboxylic acids is 1. The SMILES string of the molecule is CC(CN)CSCC(=O)N(C)C(C)C. The van der Waals surface area contributed by atoms with Crippen LogP contribution in [0.15, 0.2) is 0 Å². The predicted octanol–water partition coefficient (Wildman–Crippen LogP) is 1.18. The van der Waals surface area contributed by atoms with Crippen molar-refractivity contribution in [2.75, 3.05) is 25.1 Å². The maximum atomic E-state index is 11.5. The molecule has 0 fully saturated rings. The molecular formula is C10H22N2OS. The predicted molar refractivity (Wildman–Crippen MR) is 63.4 cm³/mol. The Hall–Kier alpha value is -0.220. The molecule has 0 rings (SSSR count). The van der Waals surface area contributed by atoms with Gasteiger partial charge in [0.1, 0.15) is 0 Å². The maximum Gasteiger partial charge on any atom is 0.232 e. The van der Waals surface area contributed by atoms with Crippen LogP contribution in [-0.4, -0.2) is 41.9 Å². The fourth-order valence-corrected chi connectivity index (χ4v) is 1.84. The zero-order valence-corrected chi connectivity index (χ0v) is 10.4. The van der Waals surface area contributed by atoms with Crippen LogP contribution in [0.2, 0.25) is 0 Å². The molecule has 2 N–H and O–H groups in total. The number of amides is 1. The minimum absolute atomic E-state index is 0.203. The summed E-state index contributed by atoms with van der Waals surface area (Å²) in [4.78, 5) is 13.3. The van der Waals surface area contributed by atoms with Crippen molar-refractivity contribution in [1.29, 1.82) is 0 Å². The summed E-state index contributed by atoms with van der Waals surface area (Å²) in [7, 11) is 1.85. The van der Waals surface area contributed by atoms with Crippen molar-refractivity contribution in [3.05, 3.63) is 0 Å². The summed E-state index contributed by atoms with van der Waals surface area (Å²) in [6.45, 7) is 6.83. The van der Waals surface area contributed by atoms with Gasteiger partial charge in [0.25, 0.3) is 0 Å². The average molecular weight is 218 g/mol. The normalized spacial score (nSPS) is 13.0. The first-order valence-corrected chi connectivity index (χ1v) is 6.18. The second-order valence-electron chi connectivity index (χ2n) is 3.95. The zero-order valence-electron chi connectivity index (χ0n) is 9.62. The number of thioether (sulfide) groups is 1. The highest BCUT2D eigenvalue weighted by molar-refractivity contribution is 7.99. The third-order valence-corrected chi connectivity index (χ3v) is 3.45. The van der Waals surface area contributed by atoms with Gasteiger partial charge in [0.15, 0.2) is 0 Å². The first-order valence-electron chi connectivity index (χ1n) is 5.02. The van der Waals surface area contributed by atoms with Crippen LogP contribution in [0.4, 0.5) is 0 Å². The molecule has 0 aromatic carbocycles. The average Bonchev–Trinajstić information content (AvgIpc) is 2.15. The lowest BCUT2D eigenvalue weighted by Crippen LogP contribution is -2.34. The van der Waals surface area contributed by atoms with Crippen LogP contribution in [0.5, 0.6) is 0 Å². The fraction of sp³-hybridized carbons (Fsp3) is 0.900. The van der Waals surface area contributed by atoms with E-state index in [0.717, 1.165) is 5.75 Å². The zero-order chi connectivity index (χ0) is 11.1. The maximum absolute atomic E-state index is 11.5. The Bertz CT molecular complexity index is 174. The smallest absolute Gasteiger partial charge is 0.232 e. The summed E-state index contributed by atoms with van der Waals surface area (Å²) in [6.07, 6.45) is 0. The van der Waals surface area contributed by atoms with E-state index >= 15 is 0 Å². The quantitative estimate of drug-likeness (QED) is 0.728. The molecule has 0 aromatic rings. The molecule has 0 saturated heterocycles. The van der Waals surface area contributed by atoms with Crippen LogP contribution < -0.4 is 5.73 Å². The van der Waals surface area contributed by atoms with Gasteiger partial charge in [0.2, 0.25) is 5.91 Å². The van der Waals surface area contributed by atoms with E-state index in [2.05, 4.69) is 6.92 Å². The molecule has 0 aliphatic carbocycles. The van der Waals surface area contributed by atoms with E-state index < -0.39 is 0 Å². The Labute approximate surface area is 91.4 Å². The Kier molecular flexibility index (Phi) is 7.01. The summed E-state index contributed by atoms with van der Waals surface area (Å²) < 4.78 is 0. The summed E-state index contributed by atoms with van der Waals surface area (Å²) in [5, 5.41) is 0. The second kappa shape index (κ2) is 7.12. The molecule has 0 aromatic heterocycles. The van der Waals surface area contributed by atoms with Crippen LogP contribution >= 0.6 is 11.8 Å². The van der Waals surface area contributed by atoms with Crippen molar-refractivity contribution < 1.29 is 4.79 Å². The molecule has 0 saturated carbocycles. The Balaban J connectivity index is 3.64. The van der Waals surface area contributed by atoms with Gasteiger partial charge >= 0.3 is 0 Å². The monoisotopic (exact) mass is 218 g/mol. The van der Waals surface area contributed by atoms with E-state index in [0.29, 0.717) is 18.2 Å². The first-order chi connectivity index (χ1) is 6.49. The third-order valence-electron chi connectivity index (χ3n) is 2.20. The van der Waals surface area contributed by atoms with E-state index in [-0.39, 0.29) is 11.9 Å². The van der Waals surface area contributed by atoms with Gasteiger partial charge in [-0.25, -0.2) is 0 Å². The van der Waals surface area contributed by atoms with Crippen LogP contribution in [0, 0.1) is 5.92 Å². The molecule has 1 amide bonds. The van der Waals surface area contributed by atoms with E-state index in [1.165, 1.54) is 0 Å². The summed E-state index contributed by atoms with van der Waals surface area (Å²) in [5.74, 6) is 2.24. The van der Waals surface area contributed by atoms with Crippen molar-refractivity contribution in [2.45, 2.75) is 26.8 Å². The molecule has 0 aliphatic heterocycles. The largest absolute Gasteiger partial charge is 0.343 e. The van der Waals surface area contributed by atoms with Crippen LogP contribution in [0.3, 0.4) is 0 Å². The number of rotatable bonds is 6. The van der Waals surface area contributed by atoms with E-state index in [1.807, 2.05) is 20.9 Å². The van der Waals surface area contributed by atoms with Crippen LogP contribution in [-0.2, 0) is 4.79 Å². The minimum atomic E-state index is 0.203. The van der Waals surface area contributed by atoms with Gasteiger partial charge in [0, 0.05) is 13.1 Å². The number of hydrogen-bond acceptors (Lipinski definition) is 3. The fourth-order valence-electron chi connectivity index (χ4n) is 0.805. The van der Waals surface area contributed by atoms with Gasteiger partial charge in [-0.05, 0) is 32.1 Å². The number of nitrogens with zero attached hydrogens (tertiary/aromatic N) is 1. The highest BCUT2D eigenvalue weighted by Gasteiger charge is 2.11.